The molecule has 1 aliphatic heterocycles. The molecule has 0 aliphatic carbocycles. The monoisotopic (exact) mass is 227 g/mol. The van der Waals surface area contributed by atoms with E-state index in [4.69, 9.17) is 5.11 Å². The number of benzene rings is 1. The molecule has 0 radical (unpaired) electrons. The molecule has 0 aromatic heterocycles. The number of carboxylic acids is 1. The Morgan fingerprint density at radius 3 is 2.44 bits per heavy atom. The lowest BCUT2D eigenvalue weighted by Gasteiger charge is -2.13. The van der Waals surface area contributed by atoms with Crippen molar-refractivity contribution in [2.45, 2.75) is 18.9 Å². The molecular weight excluding hydrogens is 216 g/mol. The van der Waals surface area contributed by atoms with Crippen molar-refractivity contribution in [1.29, 1.82) is 0 Å². The van der Waals surface area contributed by atoms with Gasteiger partial charge in [0.1, 0.15) is 11.6 Å². The summed E-state index contributed by atoms with van der Waals surface area (Å²) in [7, 11) is 0. The first kappa shape index (κ1) is 11.0. The van der Waals surface area contributed by atoms with Crippen molar-refractivity contribution in [2.24, 2.45) is 0 Å². The van der Waals surface area contributed by atoms with Crippen LogP contribution in [0.2, 0.25) is 0 Å². The molecule has 16 heavy (non-hydrogen) atoms. The van der Waals surface area contributed by atoms with Gasteiger partial charge in [-0.1, -0.05) is 0 Å². The highest BCUT2D eigenvalue weighted by Crippen LogP contribution is 2.28. The molecule has 1 fully saturated rings. The van der Waals surface area contributed by atoms with Crippen LogP contribution >= 0.6 is 0 Å². The lowest BCUT2D eigenvalue weighted by atomic mass is 10.0. The van der Waals surface area contributed by atoms with Gasteiger partial charge in [-0.15, -0.1) is 0 Å². The minimum absolute atomic E-state index is 0.0532. The maximum Gasteiger partial charge on any atom is 0.335 e. The number of aromatic carboxylic acids is 1. The summed E-state index contributed by atoms with van der Waals surface area (Å²) in [5, 5.41) is 11.6. The number of carbonyl (C=O) groups is 1. The summed E-state index contributed by atoms with van der Waals surface area (Å²) in [5.74, 6) is -2.92. The Kier molecular flexibility index (Phi) is 2.87. The van der Waals surface area contributed by atoms with Crippen LogP contribution in [0.4, 0.5) is 8.78 Å². The van der Waals surface area contributed by atoms with Crippen LogP contribution in [-0.2, 0) is 0 Å². The van der Waals surface area contributed by atoms with Gasteiger partial charge in [0.05, 0.1) is 5.56 Å². The second-order valence-electron chi connectivity index (χ2n) is 3.81. The van der Waals surface area contributed by atoms with E-state index in [0.29, 0.717) is 6.42 Å². The van der Waals surface area contributed by atoms with Gasteiger partial charge in [0.25, 0.3) is 0 Å². The maximum absolute atomic E-state index is 13.6. The average Bonchev–Trinajstić information content (AvgIpc) is 2.69. The first-order valence-corrected chi connectivity index (χ1v) is 5.05. The fraction of sp³-hybridized carbons (Fsp3) is 0.364. The molecule has 1 heterocycles. The van der Waals surface area contributed by atoms with Crippen LogP contribution in [0.1, 0.15) is 34.8 Å². The van der Waals surface area contributed by atoms with E-state index in [9.17, 15) is 13.6 Å². The normalized spacial score (nSPS) is 20.0. The second kappa shape index (κ2) is 4.17. The number of halogens is 2. The molecule has 1 saturated heterocycles. The van der Waals surface area contributed by atoms with Crippen LogP contribution in [0.3, 0.4) is 0 Å². The van der Waals surface area contributed by atoms with E-state index in [1.54, 1.807) is 0 Å². The van der Waals surface area contributed by atoms with Gasteiger partial charge in [0, 0.05) is 11.6 Å². The van der Waals surface area contributed by atoms with Crippen molar-refractivity contribution < 1.29 is 18.7 Å². The number of rotatable bonds is 2. The van der Waals surface area contributed by atoms with E-state index in [0.717, 1.165) is 25.1 Å². The Morgan fingerprint density at radius 1 is 1.38 bits per heavy atom. The van der Waals surface area contributed by atoms with E-state index in [-0.39, 0.29) is 17.2 Å². The molecule has 2 N–H and O–H groups in total. The van der Waals surface area contributed by atoms with Crippen molar-refractivity contribution in [3.8, 4) is 0 Å². The number of nitrogens with one attached hydrogen (secondary N) is 1. The highest BCUT2D eigenvalue weighted by molar-refractivity contribution is 5.87. The fourth-order valence-electron chi connectivity index (χ4n) is 1.97. The third-order valence-corrected chi connectivity index (χ3v) is 2.73. The maximum atomic E-state index is 13.6. The molecule has 0 amide bonds. The van der Waals surface area contributed by atoms with E-state index >= 15 is 0 Å². The first-order valence-electron chi connectivity index (χ1n) is 5.05. The van der Waals surface area contributed by atoms with Crippen LogP contribution in [0.25, 0.3) is 0 Å². The molecule has 0 saturated carbocycles. The van der Waals surface area contributed by atoms with Crippen LogP contribution in [0, 0.1) is 11.6 Å². The number of carboxylic acid groups (broad SMARTS) is 1. The van der Waals surface area contributed by atoms with Gasteiger partial charge in [-0.2, -0.15) is 0 Å². The highest BCUT2D eigenvalue weighted by atomic mass is 19.1. The summed E-state index contributed by atoms with van der Waals surface area (Å²) in [6.45, 7) is 0.726. The smallest absolute Gasteiger partial charge is 0.335 e. The Balaban J connectivity index is 2.42. The minimum Gasteiger partial charge on any atom is -0.478 e. The summed E-state index contributed by atoms with van der Waals surface area (Å²) < 4.78 is 27.2. The molecular formula is C11H11F2NO2. The zero-order valence-electron chi connectivity index (χ0n) is 8.46. The van der Waals surface area contributed by atoms with E-state index in [2.05, 4.69) is 5.32 Å². The van der Waals surface area contributed by atoms with E-state index in [1.165, 1.54) is 0 Å². The highest BCUT2D eigenvalue weighted by Gasteiger charge is 2.24. The molecule has 1 aromatic rings. The number of hydrogen-bond donors (Lipinski definition) is 2. The van der Waals surface area contributed by atoms with E-state index in [1.807, 2.05) is 0 Å². The summed E-state index contributed by atoms with van der Waals surface area (Å²) in [5.41, 5.74) is -0.417. The fourth-order valence-corrected chi connectivity index (χ4v) is 1.97. The average molecular weight is 227 g/mol. The van der Waals surface area contributed by atoms with Crippen molar-refractivity contribution in [3.63, 3.8) is 0 Å². The predicted molar refractivity (Wildman–Crippen MR) is 53.3 cm³/mol. The molecule has 1 unspecified atom stereocenters. The Hall–Kier alpha value is -1.49. The summed E-state index contributed by atoms with van der Waals surface area (Å²) in [6.07, 6.45) is 1.53. The lowest BCUT2D eigenvalue weighted by Crippen LogP contribution is -2.16. The zero-order chi connectivity index (χ0) is 11.7. The molecule has 0 spiro atoms. The van der Waals surface area contributed by atoms with Gasteiger partial charge in [0.2, 0.25) is 0 Å². The Morgan fingerprint density at radius 2 is 2.00 bits per heavy atom. The molecule has 2 rings (SSSR count). The topological polar surface area (TPSA) is 49.3 Å². The Labute approximate surface area is 91.1 Å². The van der Waals surface area contributed by atoms with Crippen molar-refractivity contribution >= 4 is 5.97 Å². The summed E-state index contributed by atoms with van der Waals surface area (Å²) in [6, 6.07) is 1.38. The van der Waals surface area contributed by atoms with Crippen molar-refractivity contribution in [1.82, 2.24) is 5.32 Å². The van der Waals surface area contributed by atoms with Crippen molar-refractivity contribution in [3.05, 3.63) is 34.9 Å². The van der Waals surface area contributed by atoms with Crippen LogP contribution in [0.15, 0.2) is 12.1 Å². The van der Waals surface area contributed by atoms with Gasteiger partial charge >= 0.3 is 5.97 Å². The molecule has 5 heteroatoms. The third-order valence-electron chi connectivity index (χ3n) is 2.73. The summed E-state index contributed by atoms with van der Waals surface area (Å²) in [4.78, 5) is 10.6. The molecule has 3 nitrogen and oxygen atoms in total. The predicted octanol–water partition coefficient (Wildman–Crippen LogP) is 2.09. The van der Waals surface area contributed by atoms with Gasteiger partial charge < -0.3 is 10.4 Å². The molecule has 1 aliphatic rings. The lowest BCUT2D eigenvalue weighted by molar-refractivity contribution is 0.0695. The zero-order valence-corrected chi connectivity index (χ0v) is 8.46. The standard InChI is InChI=1S/C11H11F2NO2/c12-7-4-6(11(15)16)5-8(13)10(7)9-2-1-3-14-9/h4-5,9,14H,1-3H2,(H,15,16). The quantitative estimate of drug-likeness (QED) is 0.813. The largest absolute Gasteiger partial charge is 0.478 e. The van der Waals surface area contributed by atoms with Crippen LogP contribution < -0.4 is 5.32 Å². The van der Waals surface area contributed by atoms with Crippen LogP contribution in [0.5, 0.6) is 0 Å². The number of hydrogen-bond acceptors (Lipinski definition) is 2. The van der Waals surface area contributed by atoms with Gasteiger partial charge in [-0.25, -0.2) is 13.6 Å². The Bertz CT molecular complexity index is 405. The van der Waals surface area contributed by atoms with E-state index < -0.39 is 17.6 Å². The first-order chi connectivity index (χ1) is 7.59. The van der Waals surface area contributed by atoms with Gasteiger partial charge in [-0.3, -0.25) is 0 Å². The summed E-state index contributed by atoms with van der Waals surface area (Å²) >= 11 is 0. The molecule has 1 aromatic carbocycles. The third kappa shape index (κ3) is 1.90. The minimum atomic E-state index is -1.33. The SMILES string of the molecule is O=C(O)c1cc(F)c(C2CCCN2)c(F)c1. The molecule has 86 valence electrons. The van der Waals surface area contributed by atoms with Gasteiger partial charge in [-0.05, 0) is 31.5 Å². The molecule has 1 atom stereocenters. The van der Waals surface area contributed by atoms with Crippen molar-refractivity contribution in [2.75, 3.05) is 6.54 Å². The molecule has 0 bridgehead atoms. The van der Waals surface area contributed by atoms with Crippen LogP contribution in [-0.4, -0.2) is 17.6 Å². The second-order valence-corrected chi connectivity index (χ2v) is 3.81. The van der Waals surface area contributed by atoms with Gasteiger partial charge in [0.15, 0.2) is 0 Å².